The molecule has 2 aromatic carbocycles. The summed E-state index contributed by atoms with van der Waals surface area (Å²) in [4.78, 5) is 14.8. The van der Waals surface area contributed by atoms with Gasteiger partial charge in [0.15, 0.2) is 0 Å². The van der Waals surface area contributed by atoms with Crippen LogP contribution >= 0.6 is 0 Å². The summed E-state index contributed by atoms with van der Waals surface area (Å²) in [6.07, 6.45) is 8.25. The van der Waals surface area contributed by atoms with Crippen molar-refractivity contribution in [3.05, 3.63) is 59.2 Å². The fourth-order valence-electron chi connectivity index (χ4n) is 5.71. The van der Waals surface area contributed by atoms with Crippen LogP contribution in [0.2, 0.25) is 0 Å². The monoisotopic (exact) mass is 501 g/mol. The Morgan fingerprint density at radius 3 is 2.76 bits per heavy atom. The zero-order chi connectivity index (χ0) is 26.2. The molecule has 1 aliphatic heterocycles. The Balaban J connectivity index is 1.50. The molecule has 2 aliphatic rings. The number of rotatable bonds is 11. The van der Waals surface area contributed by atoms with Crippen LogP contribution in [0.5, 0.6) is 5.75 Å². The maximum atomic E-state index is 12.3. The smallest absolute Gasteiger partial charge is 0.337 e. The van der Waals surface area contributed by atoms with Gasteiger partial charge < -0.3 is 14.4 Å². The van der Waals surface area contributed by atoms with Gasteiger partial charge in [-0.2, -0.15) is 0 Å². The largest absolute Gasteiger partial charge is 0.491 e. The van der Waals surface area contributed by atoms with Crippen molar-refractivity contribution in [1.29, 1.82) is 0 Å². The van der Waals surface area contributed by atoms with Gasteiger partial charge in [-0.05, 0) is 88.0 Å². The summed E-state index contributed by atoms with van der Waals surface area (Å²) in [6, 6.07) is 14.6. The van der Waals surface area contributed by atoms with Crippen molar-refractivity contribution in [1.82, 2.24) is 0 Å². The van der Waals surface area contributed by atoms with Crippen molar-refractivity contribution in [2.24, 2.45) is 23.7 Å². The number of anilines is 1. The highest BCUT2D eigenvalue weighted by Gasteiger charge is 2.33. The molecule has 1 saturated carbocycles. The maximum absolute atomic E-state index is 12.3. The first-order valence-corrected chi connectivity index (χ1v) is 14.1. The first-order valence-electron chi connectivity index (χ1n) is 14.1. The number of hydrogen-bond acceptors (Lipinski definition) is 4. The normalized spacial score (nSPS) is 18.5. The second kappa shape index (κ2) is 13.0. The number of aryl methyl sites for hydroxylation is 2. The van der Waals surface area contributed by atoms with E-state index in [1.807, 2.05) is 25.1 Å². The van der Waals surface area contributed by atoms with Crippen LogP contribution < -0.4 is 9.64 Å². The van der Waals surface area contributed by atoms with Gasteiger partial charge in [-0.25, -0.2) is 4.79 Å². The lowest BCUT2D eigenvalue weighted by Crippen LogP contribution is -2.35. The Labute approximate surface area is 223 Å². The summed E-state index contributed by atoms with van der Waals surface area (Å²) in [5, 5.41) is 0. The molecule has 4 nitrogen and oxygen atoms in total. The van der Waals surface area contributed by atoms with Crippen LogP contribution in [0.3, 0.4) is 0 Å². The number of hydrogen-bond donors (Lipinski definition) is 0. The lowest BCUT2D eigenvalue weighted by atomic mass is 9.88. The minimum atomic E-state index is -0.305. The lowest BCUT2D eigenvalue weighted by molar-refractivity contribution is 0.0600. The predicted octanol–water partition coefficient (Wildman–Crippen LogP) is 7.09. The number of nitrogens with zero attached hydrogens (tertiary/aromatic N) is 1. The first-order chi connectivity index (χ1) is 18.0. The van der Waals surface area contributed by atoms with E-state index < -0.39 is 0 Å². The van der Waals surface area contributed by atoms with E-state index >= 15 is 0 Å². The molecule has 0 saturated heterocycles. The quantitative estimate of drug-likeness (QED) is 0.243. The van der Waals surface area contributed by atoms with Crippen LogP contribution in [0.1, 0.15) is 73.9 Å². The number of esters is 1. The van der Waals surface area contributed by atoms with Crippen molar-refractivity contribution >= 4 is 11.7 Å². The molecule has 0 spiro atoms. The molecule has 198 valence electrons. The van der Waals surface area contributed by atoms with Gasteiger partial charge in [-0.15, -0.1) is 5.92 Å². The SMILES string of the molecule is CC#CC(CC(CC)CN1CC(CCCc2cccc(C)c2)COc2ccc(C(=O)OC)cc21)C1CC1. The molecule has 2 aromatic rings. The van der Waals surface area contributed by atoms with Crippen LogP contribution in [-0.4, -0.2) is 32.8 Å². The molecule has 1 aliphatic carbocycles. The van der Waals surface area contributed by atoms with E-state index in [0.29, 0.717) is 29.9 Å². The Morgan fingerprint density at radius 2 is 2.05 bits per heavy atom. The molecule has 0 radical (unpaired) electrons. The Kier molecular flexibility index (Phi) is 9.56. The van der Waals surface area contributed by atoms with E-state index in [1.165, 1.54) is 31.1 Å². The second-order valence-electron chi connectivity index (χ2n) is 11.0. The number of methoxy groups -OCH3 is 1. The number of fused-ring (bicyclic) bond motifs is 1. The average Bonchev–Trinajstić information content (AvgIpc) is 3.76. The zero-order valence-corrected chi connectivity index (χ0v) is 23.1. The van der Waals surface area contributed by atoms with E-state index in [0.717, 1.165) is 62.5 Å². The Bertz CT molecular complexity index is 1110. The molecular weight excluding hydrogens is 458 g/mol. The number of ether oxygens (including phenoxy) is 2. The van der Waals surface area contributed by atoms with Crippen LogP contribution in [-0.2, 0) is 11.2 Å². The minimum absolute atomic E-state index is 0.305. The van der Waals surface area contributed by atoms with Gasteiger partial charge >= 0.3 is 5.97 Å². The summed E-state index contributed by atoms with van der Waals surface area (Å²) in [7, 11) is 1.44. The standard InChI is InChI=1S/C33H43NO3/c1-5-9-29(28-14-15-28)19-25(6-2)21-34-22-27(13-8-12-26-11-7-10-24(3)18-26)23-37-32-17-16-30(20-31(32)34)33(35)36-4/h7,10-11,16-18,20,25,27-29H,6,8,12-15,19,21-23H2,1-4H3. The van der Waals surface area contributed by atoms with E-state index in [1.54, 1.807) is 0 Å². The number of carbonyl (C=O) groups excluding carboxylic acids is 1. The van der Waals surface area contributed by atoms with Crippen molar-refractivity contribution in [3.63, 3.8) is 0 Å². The third-order valence-electron chi connectivity index (χ3n) is 8.00. The van der Waals surface area contributed by atoms with Gasteiger partial charge in [-0.3, -0.25) is 0 Å². The molecule has 0 amide bonds. The number of carbonyl (C=O) groups is 1. The number of benzene rings is 2. The second-order valence-corrected chi connectivity index (χ2v) is 11.0. The van der Waals surface area contributed by atoms with Crippen molar-refractivity contribution in [3.8, 4) is 17.6 Å². The van der Waals surface area contributed by atoms with Crippen LogP contribution in [0.25, 0.3) is 0 Å². The molecule has 3 unspecified atom stereocenters. The summed E-state index contributed by atoms with van der Waals surface area (Å²) < 4.78 is 11.4. The van der Waals surface area contributed by atoms with Crippen LogP contribution in [0, 0.1) is 42.4 Å². The fourth-order valence-corrected chi connectivity index (χ4v) is 5.71. The van der Waals surface area contributed by atoms with Gasteiger partial charge in [0.1, 0.15) is 5.75 Å². The summed E-state index contributed by atoms with van der Waals surface area (Å²) in [5.41, 5.74) is 4.33. The van der Waals surface area contributed by atoms with Gasteiger partial charge in [0, 0.05) is 24.9 Å². The molecular formula is C33H43NO3. The Morgan fingerprint density at radius 1 is 1.22 bits per heavy atom. The van der Waals surface area contributed by atoms with E-state index in [-0.39, 0.29) is 5.97 Å². The first kappa shape index (κ1) is 27.1. The minimum Gasteiger partial charge on any atom is -0.491 e. The molecule has 0 aromatic heterocycles. The maximum Gasteiger partial charge on any atom is 0.337 e. The predicted molar refractivity (Wildman–Crippen MR) is 151 cm³/mol. The van der Waals surface area contributed by atoms with Crippen molar-refractivity contribution < 1.29 is 14.3 Å². The highest BCUT2D eigenvalue weighted by molar-refractivity contribution is 5.91. The fraction of sp³-hybridized carbons (Fsp3) is 0.545. The highest BCUT2D eigenvalue weighted by atomic mass is 16.5. The average molecular weight is 502 g/mol. The summed E-state index contributed by atoms with van der Waals surface area (Å²) in [5.74, 6) is 9.53. The third kappa shape index (κ3) is 7.54. The summed E-state index contributed by atoms with van der Waals surface area (Å²) in [6.45, 7) is 9.03. The molecule has 0 bridgehead atoms. The van der Waals surface area contributed by atoms with Gasteiger partial charge in [0.25, 0.3) is 0 Å². The third-order valence-corrected chi connectivity index (χ3v) is 8.00. The van der Waals surface area contributed by atoms with Crippen molar-refractivity contribution in [2.45, 2.75) is 65.7 Å². The van der Waals surface area contributed by atoms with Crippen molar-refractivity contribution in [2.75, 3.05) is 31.7 Å². The topological polar surface area (TPSA) is 38.8 Å². The highest BCUT2D eigenvalue weighted by Crippen LogP contribution is 2.41. The van der Waals surface area contributed by atoms with E-state index in [2.05, 4.69) is 54.9 Å². The molecule has 4 rings (SSSR count). The van der Waals surface area contributed by atoms with E-state index in [4.69, 9.17) is 9.47 Å². The van der Waals surface area contributed by atoms with Gasteiger partial charge in [0.05, 0.1) is 25.0 Å². The van der Waals surface area contributed by atoms with Gasteiger partial charge in [-0.1, -0.05) is 49.1 Å². The van der Waals surface area contributed by atoms with E-state index in [9.17, 15) is 4.79 Å². The van der Waals surface area contributed by atoms with Crippen LogP contribution in [0.15, 0.2) is 42.5 Å². The lowest BCUT2D eigenvalue weighted by Gasteiger charge is -2.31. The van der Waals surface area contributed by atoms with Gasteiger partial charge in [0.2, 0.25) is 0 Å². The summed E-state index contributed by atoms with van der Waals surface area (Å²) >= 11 is 0. The molecule has 1 fully saturated rings. The molecule has 4 heteroatoms. The zero-order valence-electron chi connectivity index (χ0n) is 23.1. The van der Waals surface area contributed by atoms with Crippen LogP contribution in [0.4, 0.5) is 5.69 Å². The molecule has 1 heterocycles. The molecule has 0 N–H and O–H groups in total. The Hall–Kier alpha value is -2.93. The molecule has 37 heavy (non-hydrogen) atoms. The molecule has 3 atom stereocenters.